The number of aromatic nitrogens is 2. The number of hydrogen-bond acceptors (Lipinski definition) is 4. The molecule has 1 N–H and O–H groups in total. The van der Waals surface area contributed by atoms with E-state index >= 15 is 0 Å². The lowest BCUT2D eigenvalue weighted by molar-refractivity contribution is -0.137. The average Bonchev–Trinajstić information content (AvgIpc) is 2.92. The Morgan fingerprint density at radius 2 is 1.82 bits per heavy atom. The van der Waals surface area contributed by atoms with Gasteiger partial charge in [-0.3, -0.25) is 4.79 Å². The van der Waals surface area contributed by atoms with Gasteiger partial charge in [0.25, 0.3) is 5.56 Å². The highest BCUT2D eigenvalue weighted by Gasteiger charge is 2.31. The fraction of sp³-hybridized carbons (Fsp3) is 0.0526. The third-order valence-corrected chi connectivity index (χ3v) is 5.52. The Balaban J connectivity index is 1.89. The van der Waals surface area contributed by atoms with Crippen LogP contribution in [0.25, 0.3) is 26.7 Å². The first-order valence-corrected chi connectivity index (χ1v) is 9.12. The van der Waals surface area contributed by atoms with Crippen LogP contribution in [-0.4, -0.2) is 14.7 Å². The van der Waals surface area contributed by atoms with Crippen LogP contribution < -0.4 is 5.56 Å². The maximum atomic E-state index is 13.0. The van der Waals surface area contributed by atoms with Crippen LogP contribution in [0.4, 0.5) is 13.2 Å². The zero-order valence-electron chi connectivity index (χ0n) is 13.9. The summed E-state index contributed by atoms with van der Waals surface area (Å²) in [6.07, 6.45) is -3.25. The molecule has 2 heterocycles. The molecule has 0 unspecified atom stereocenters. The van der Waals surface area contributed by atoms with Gasteiger partial charge < -0.3 is 5.11 Å². The Labute approximate surface area is 165 Å². The second kappa shape index (κ2) is 6.65. The summed E-state index contributed by atoms with van der Waals surface area (Å²) >= 11 is 6.94. The molecule has 9 heteroatoms. The van der Waals surface area contributed by atoms with Gasteiger partial charge in [0.1, 0.15) is 9.88 Å². The SMILES string of the molecule is O=c1c2cnc(-c3ccc(Cl)cc3)sc-2c(O)n1-c1cccc(C(F)(F)F)c1. The molecule has 0 saturated carbocycles. The van der Waals surface area contributed by atoms with Crippen LogP contribution in [0.15, 0.2) is 59.5 Å². The maximum Gasteiger partial charge on any atom is 0.416 e. The van der Waals surface area contributed by atoms with Gasteiger partial charge in [0.2, 0.25) is 5.88 Å². The molecular formula is C19H10ClF3N2O2S. The van der Waals surface area contributed by atoms with Crippen molar-refractivity contribution in [1.82, 2.24) is 9.55 Å². The number of benzene rings is 2. The molecule has 0 amide bonds. The van der Waals surface area contributed by atoms with E-state index in [9.17, 15) is 23.1 Å². The smallest absolute Gasteiger partial charge is 0.416 e. The van der Waals surface area contributed by atoms with Crippen molar-refractivity contribution >= 4 is 22.9 Å². The summed E-state index contributed by atoms with van der Waals surface area (Å²) in [5.74, 6) is -0.429. The molecule has 4 nitrogen and oxygen atoms in total. The van der Waals surface area contributed by atoms with Gasteiger partial charge in [-0.2, -0.15) is 13.2 Å². The third kappa shape index (κ3) is 3.14. The van der Waals surface area contributed by atoms with Gasteiger partial charge in [-0.1, -0.05) is 29.8 Å². The standard InChI is InChI=1S/C19H10ClF3N2O2S/c20-12-6-4-10(5-7-12)16-24-9-14-15(28-16)18(27)25(17(14)26)13-3-1-2-11(8-13)19(21,22)23/h1-9,27H. The van der Waals surface area contributed by atoms with E-state index in [1.165, 1.54) is 18.3 Å². The highest BCUT2D eigenvalue weighted by Crippen LogP contribution is 2.39. The van der Waals surface area contributed by atoms with Crippen molar-refractivity contribution in [2.75, 3.05) is 0 Å². The number of fused-ring (bicyclic) bond motifs is 1. The van der Waals surface area contributed by atoms with Crippen molar-refractivity contribution in [3.05, 3.63) is 75.7 Å². The number of hydrogen-bond donors (Lipinski definition) is 1. The fourth-order valence-electron chi connectivity index (χ4n) is 2.78. The second-order valence-electron chi connectivity index (χ2n) is 5.93. The predicted octanol–water partition coefficient (Wildman–Crippen LogP) is 5.44. The lowest BCUT2D eigenvalue weighted by atomic mass is 10.2. The molecule has 0 aromatic heterocycles. The number of nitrogens with zero attached hydrogens (tertiary/aromatic N) is 2. The highest BCUT2D eigenvalue weighted by molar-refractivity contribution is 7.18. The molecular weight excluding hydrogens is 413 g/mol. The zero-order valence-corrected chi connectivity index (χ0v) is 15.4. The summed E-state index contributed by atoms with van der Waals surface area (Å²) < 4.78 is 39.8. The Hall–Kier alpha value is -2.84. The van der Waals surface area contributed by atoms with Gasteiger partial charge in [-0.15, -0.1) is 11.3 Å². The van der Waals surface area contributed by atoms with Crippen molar-refractivity contribution in [2.24, 2.45) is 0 Å². The van der Waals surface area contributed by atoms with E-state index in [0.717, 1.165) is 33.6 Å². The molecule has 0 saturated heterocycles. The molecule has 0 bridgehead atoms. The normalized spacial score (nSPS) is 11.9. The first-order chi connectivity index (χ1) is 13.3. The number of rotatable bonds is 2. The van der Waals surface area contributed by atoms with Crippen molar-refractivity contribution in [2.45, 2.75) is 6.18 Å². The summed E-state index contributed by atoms with van der Waals surface area (Å²) in [6.45, 7) is 0. The van der Waals surface area contributed by atoms with Crippen LogP contribution >= 0.6 is 22.9 Å². The Kier molecular flexibility index (Phi) is 4.40. The van der Waals surface area contributed by atoms with Crippen molar-refractivity contribution in [3.63, 3.8) is 0 Å². The lowest BCUT2D eigenvalue weighted by Gasteiger charge is -2.09. The van der Waals surface area contributed by atoms with Crippen LogP contribution in [0.2, 0.25) is 5.02 Å². The van der Waals surface area contributed by atoms with Gasteiger partial charge in [0.15, 0.2) is 0 Å². The monoisotopic (exact) mass is 422 g/mol. The maximum absolute atomic E-state index is 13.0. The minimum Gasteiger partial charge on any atom is -0.493 e. The molecule has 2 aromatic rings. The third-order valence-electron chi connectivity index (χ3n) is 4.13. The summed E-state index contributed by atoms with van der Waals surface area (Å²) in [4.78, 5) is 17.2. The fourth-order valence-corrected chi connectivity index (χ4v) is 3.89. The molecule has 2 aliphatic heterocycles. The Morgan fingerprint density at radius 3 is 2.50 bits per heavy atom. The average molecular weight is 423 g/mol. The van der Waals surface area contributed by atoms with Crippen LogP contribution in [-0.2, 0) is 6.18 Å². The van der Waals surface area contributed by atoms with E-state index in [2.05, 4.69) is 4.98 Å². The van der Waals surface area contributed by atoms with Gasteiger partial charge in [0.05, 0.1) is 16.8 Å². The van der Waals surface area contributed by atoms with E-state index in [0.29, 0.717) is 10.0 Å². The van der Waals surface area contributed by atoms with E-state index in [1.54, 1.807) is 24.3 Å². The van der Waals surface area contributed by atoms with E-state index in [-0.39, 0.29) is 16.1 Å². The minimum atomic E-state index is -4.56. The van der Waals surface area contributed by atoms with E-state index < -0.39 is 23.2 Å². The van der Waals surface area contributed by atoms with Gasteiger partial charge >= 0.3 is 6.18 Å². The molecule has 0 aliphatic carbocycles. The molecule has 2 aliphatic rings. The second-order valence-corrected chi connectivity index (χ2v) is 7.36. The molecule has 0 fully saturated rings. The van der Waals surface area contributed by atoms with Crippen molar-refractivity contribution in [1.29, 1.82) is 0 Å². The molecule has 28 heavy (non-hydrogen) atoms. The molecule has 0 spiro atoms. The van der Waals surface area contributed by atoms with Gasteiger partial charge in [-0.25, -0.2) is 9.55 Å². The van der Waals surface area contributed by atoms with Crippen LogP contribution in [0, 0.1) is 0 Å². The molecule has 2 aromatic carbocycles. The predicted molar refractivity (Wildman–Crippen MR) is 101 cm³/mol. The highest BCUT2D eigenvalue weighted by atomic mass is 35.5. The molecule has 4 rings (SSSR count). The largest absolute Gasteiger partial charge is 0.493 e. The zero-order chi connectivity index (χ0) is 20.1. The summed E-state index contributed by atoms with van der Waals surface area (Å²) in [6, 6.07) is 11.1. The summed E-state index contributed by atoms with van der Waals surface area (Å²) in [7, 11) is 0. The molecule has 0 atom stereocenters. The lowest BCUT2D eigenvalue weighted by Crippen LogP contribution is -2.14. The topological polar surface area (TPSA) is 55.1 Å². The van der Waals surface area contributed by atoms with Gasteiger partial charge in [-0.05, 0) is 30.3 Å². The van der Waals surface area contributed by atoms with Crippen LogP contribution in [0.1, 0.15) is 5.56 Å². The van der Waals surface area contributed by atoms with Crippen molar-refractivity contribution in [3.8, 4) is 32.6 Å². The summed E-state index contributed by atoms with van der Waals surface area (Å²) in [5, 5.41) is 11.7. The van der Waals surface area contributed by atoms with Crippen LogP contribution in [0.3, 0.4) is 0 Å². The first-order valence-electron chi connectivity index (χ1n) is 7.93. The van der Waals surface area contributed by atoms with Crippen molar-refractivity contribution < 1.29 is 18.3 Å². The van der Waals surface area contributed by atoms with Crippen LogP contribution in [0.5, 0.6) is 5.88 Å². The summed E-state index contributed by atoms with van der Waals surface area (Å²) in [5.41, 5.74) is -0.773. The quantitative estimate of drug-likeness (QED) is 0.467. The Morgan fingerprint density at radius 1 is 1.11 bits per heavy atom. The number of alkyl halides is 3. The van der Waals surface area contributed by atoms with E-state index in [1.807, 2.05) is 0 Å². The first kappa shape index (κ1) is 18.5. The number of halogens is 4. The van der Waals surface area contributed by atoms with E-state index in [4.69, 9.17) is 11.6 Å². The molecule has 142 valence electrons. The molecule has 0 radical (unpaired) electrons. The Bertz CT molecular complexity index is 1200. The number of aromatic hydroxyl groups is 1. The minimum absolute atomic E-state index is 0.0752. The van der Waals surface area contributed by atoms with Gasteiger partial charge in [0, 0.05) is 16.8 Å².